The van der Waals surface area contributed by atoms with Crippen LogP contribution in [0.15, 0.2) is 30.3 Å². The average Bonchev–Trinajstić information content (AvgIpc) is 2.12. The van der Waals surface area contributed by atoms with E-state index in [4.69, 9.17) is 10.2 Å². The lowest BCUT2D eigenvalue weighted by atomic mass is 10.2. The van der Waals surface area contributed by atoms with Gasteiger partial charge in [-0.15, -0.1) is 0 Å². The Morgan fingerprint density at radius 2 is 2.12 bits per heavy atom. The van der Waals surface area contributed by atoms with Crippen molar-refractivity contribution >= 4 is 27.9 Å². The van der Waals surface area contributed by atoms with Crippen LogP contribution in [0.5, 0.6) is 0 Å². The van der Waals surface area contributed by atoms with Crippen LogP contribution in [0, 0.1) is 0 Å². The van der Waals surface area contributed by atoms with Crippen LogP contribution in [0.1, 0.15) is 5.56 Å². The number of nitrogens with two attached hydrogens (primary N) is 1. The molecule has 0 aliphatic rings. The summed E-state index contributed by atoms with van der Waals surface area (Å²) in [5.74, 6) is -1.08. The van der Waals surface area contributed by atoms with Crippen LogP contribution in [0.2, 0.25) is 0 Å². The highest BCUT2D eigenvalue weighted by atomic mass is 32.2. The number of hydrogen-bond donors (Lipinski definition) is 3. The molecule has 0 spiro atoms. The number of benzene rings is 1. The van der Waals surface area contributed by atoms with E-state index in [1.165, 1.54) is 18.2 Å². The zero-order valence-corrected chi connectivity index (χ0v) is 8.94. The lowest BCUT2D eigenvalue weighted by Crippen LogP contribution is -2.21. The predicted molar refractivity (Wildman–Crippen MR) is 59.8 cm³/mol. The van der Waals surface area contributed by atoms with Crippen molar-refractivity contribution < 1.29 is 18.3 Å². The Labute approximate surface area is 92.6 Å². The van der Waals surface area contributed by atoms with Crippen molar-refractivity contribution in [2.75, 3.05) is 4.72 Å². The predicted octanol–water partition coefficient (Wildman–Crippen LogP) is 0.400. The quantitative estimate of drug-likeness (QED) is 0.664. The molecule has 0 atom stereocenters. The standard InChI is InChI=1S/C9H10N2O4S/c10-16(14,15)11-8-3-1-2-7(6-8)4-5-9(12)13/h1-6,11H,(H,12,13)(H2,10,14,15)/b5-4+. The summed E-state index contributed by atoms with van der Waals surface area (Å²) in [6.07, 6.45) is 2.30. The van der Waals surface area contributed by atoms with Crippen molar-refractivity contribution in [1.29, 1.82) is 0 Å². The van der Waals surface area contributed by atoms with E-state index in [1.807, 2.05) is 0 Å². The van der Waals surface area contributed by atoms with Gasteiger partial charge in [-0.1, -0.05) is 12.1 Å². The molecule has 0 saturated carbocycles. The number of aliphatic carboxylic acids is 1. The van der Waals surface area contributed by atoms with Crippen LogP contribution in [-0.2, 0) is 15.0 Å². The molecule has 86 valence electrons. The fourth-order valence-electron chi connectivity index (χ4n) is 1.04. The Hall–Kier alpha value is -1.86. The second-order valence-electron chi connectivity index (χ2n) is 2.94. The van der Waals surface area contributed by atoms with Crippen molar-refractivity contribution in [3.63, 3.8) is 0 Å². The van der Waals surface area contributed by atoms with Gasteiger partial charge < -0.3 is 5.11 Å². The Balaban J connectivity index is 2.91. The monoisotopic (exact) mass is 242 g/mol. The van der Waals surface area contributed by atoms with E-state index >= 15 is 0 Å². The van der Waals surface area contributed by atoms with Gasteiger partial charge in [0, 0.05) is 6.08 Å². The second kappa shape index (κ2) is 4.77. The lowest BCUT2D eigenvalue weighted by Gasteiger charge is -2.03. The molecule has 6 nitrogen and oxygen atoms in total. The molecule has 0 radical (unpaired) electrons. The van der Waals surface area contributed by atoms with E-state index < -0.39 is 16.2 Å². The first-order valence-electron chi connectivity index (χ1n) is 4.18. The molecule has 0 bridgehead atoms. The lowest BCUT2D eigenvalue weighted by molar-refractivity contribution is -0.131. The summed E-state index contributed by atoms with van der Waals surface area (Å²) in [5, 5.41) is 13.2. The molecule has 7 heteroatoms. The van der Waals surface area contributed by atoms with Gasteiger partial charge in [-0.3, -0.25) is 4.72 Å². The molecule has 0 unspecified atom stereocenters. The van der Waals surface area contributed by atoms with Crippen molar-refractivity contribution in [1.82, 2.24) is 0 Å². The molecule has 0 aromatic heterocycles. The van der Waals surface area contributed by atoms with Crippen LogP contribution >= 0.6 is 0 Å². The maximum absolute atomic E-state index is 10.7. The Morgan fingerprint density at radius 1 is 1.44 bits per heavy atom. The van der Waals surface area contributed by atoms with E-state index in [1.54, 1.807) is 12.1 Å². The van der Waals surface area contributed by atoms with Gasteiger partial charge in [-0.25, -0.2) is 9.93 Å². The summed E-state index contributed by atoms with van der Waals surface area (Å²) in [4.78, 5) is 10.3. The zero-order chi connectivity index (χ0) is 12.2. The molecule has 0 saturated heterocycles. The summed E-state index contributed by atoms with van der Waals surface area (Å²) >= 11 is 0. The Morgan fingerprint density at radius 3 is 2.69 bits per heavy atom. The maximum Gasteiger partial charge on any atom is 0.328 e. The molecule has 0 aliphatic heterocycles. The molecule has 0 amide bonds. The van der Waals surface area contributed by atoms with Gasteiger partial charge in [0.05, 0.1) is 5.69 Å². The average molecular weight is 242 g/mol. The minimum atomic E-state index is -3.82. The van der Waals surface area contributed by atoms with Crippen LogP contribution < -0.4 is 9.86 Å². The number of carboxylic acids is 1. The van der Waals surface area contributed by atoms with Gasteiger partial charge in [0.2, 0.25) is 0 Å². The summed E-state index contributed by atoms with van der Waals surface area (Å²) in [7, 11) is -3.82. The van der Waals surface area contributed by atoms with Crippen molar-refractivity contribution in [2.45, 2.75) is 0 Å². The molecule has 0 heterocycles. The molecule has 1 aromatic rings. The van der Waals surface area contributed by atoms with Crippen LogP contribution in [0.3, 0.4) is 0 Å². The van der Waals surface area contributed by atoms with Crippen LogP contribution in [0.4, 0.5) is 5.69 Å². The fourth-order valence-corrected chi connectivity index (χ4v) is 1.49. The molecule has 1 aromatic carbocycles. The number of carbonyl (C=O) groups is 1. The number of carboxylic acid groups (broad SMARTS) is 1. The molecule has 16 heavy (non-hydrogen) atoms. The van der Waals surface area contributed by atoms with Gasteiger partial charge in [0.15, 0.2) is 0 Å². The third kappa shape index (κ3) is 4.58. The van der Waals surface area contributed by atoms with Crippen LogP contribution in [0.25, 0.3) is 6.08 Å². The van der Waals surface area contributed by atoms with E-state index in [2.05, 4.69) is 4.72 Å². The van der Waals surface area contributed by atoms with E-state index in [0.717, 1.165) is 6.08 Å². The van der Waals surface area contributed by atoms with Gasteiger partial charge in [0.25, 0.3) is 10.2 Å². The Bertz CT molecular complexity index is 522. The summed E-state index contributed by atoms with van der Waals surface area (Å²) in [5.41, 5.74) is 0.825. The number of nitrogens with one attached hydrogen (secondary N) is 1. The van der Waals surface area contributed by atoms with Crippen LogP contribution in [-0.4, -0.2) is 19.5 Å². The first-order valence-corrected chi connectivity index (χ1v) is 5.73. The molecule has 4 N–H and O–H groups in total. The third-order valence-electron chi connectivity index (χ3n) is 1.57. The molecule has 0 aliphatic carbocycles. The van der Waals surface area contributed by atoms with E-state index in [0.29, 0.717) is 5.56 Å². The number of anilines is 1. The SMILES string of the molecule is NS(=O)(=O)Nc1cccc(/C=C/C(=O)O)c1. The molecule has 1 rings (SSSR count). The van der Waals surface area contributed by atoms with Crippen molar-refractivity contribution in [3.05, 3.63) is 35.9 Å². The first-order chi connectivity index (χ1) is 7.37. The molecule has 0 fully saturated rings. The summed E-state index contributed by atoms with van der Waals surface area (Å²) in [6, 6.07) is 6.18. The normalized spacial score (nSPS) is 11.6. The van der Waals surface area contributed by atoms with Crippen molar-refractivity contribution in [2.24, 2.45) is 5.14 Å². The number of hydrogen-bond acceptors (Lipinski definition) is 3. The van der Waals surface area contributed by atoms with Gasteiger partial charge in [-0.05, 0) is 23.8 Å². The maximum atomic E-state index is 10.7. The van der Waals surface area contributed by atoms with Crippen molar-refractivity contribution in [3.8, 4) is 0 Å². The van der Waals surface area contributed by atoms with Gasteiger partial charge in [-0.2, -0.15) is 8.42 Å². The van der Waals surface area contributed by atoms with Gasteiger partial charge >= 0.3 is 5.97 Å². The van der Waals surface area contributed by atoms with E-state index in [-0.39, 0.29) is 5.69 Å². The van der Waals surface area contributed by atoms with E-state index in [9.17, 15) is 13.2 Å². The third-order valence-corrected chi connectivity index (χ3v) is 2.09. The topological polar surface area (TPSA) is 109 Å². The minimum Gasteiger partial charge on any atom is -0.478 e. The highest BCUT2D eigenvalue weighted by molar-refractivity contribution is 7.90. The Kier molecular flexibility index (Phi) is 3.64. The fraction of sp³-hybridized carbons (Fsp3) is 0. The first kappa shape index (κ1) is 12.2. The van der Waals surface area contributed by atoms with Gasteiger partial charge in [0.1, 0.15) is 0 Å². The number of rotatable bonds is 4. The summed E-state index contributed by atoms with van der Waals surface area (Å²) in [6.45, 7) is 0. The highest BCUT2D eigenvalue weighted by Crippen LogP contribution is 2.12. The minimum absolute atomic E-state index is 0.273. The smallest absolute Gasteiger partial charge is 0.328 e. The summed E-state index contributed by atoms with van der Waals surface area (Å²) < 4.78 is 23.5. The largest absolute Gasteiger partial charge is 0.478 e. The molecular weight excluding hydrogens is 232 g/mol. The zero-order valence-electron chi connectivity index (χ0n) is 8.12. The molecular formula is C9H10N2O4S. The second-order valence-corrected chi connectivity index (χ2v) is 4.24. The highest BCUT2D eigenvalue weighted by Gasteiger charge is 2.01.